The van der Waals surface area contributed by atoms with Crippen LogP contribution in [0, 0.1) is 20.8 Å². The van der Waals surface area contributed by atoms with Crippen molar-refractivity contribution in [3.05, 3.63) is 52.6 Å². The Morgan fingerprint density at radius 2 is 1.50 bits per heavy atom. The molecule has 0 aromatic heterocycles. The minimum atomic E-state index is -0.419. The monoisotopic (exact) mass is 300 g/mol. The second-order valence-electron chi connectivity index (χ2n) is 5.11. The summed E-state index contributed by atoms with van der Waals surface area (Å²) in [5, 5.41) is 0. The van der Waals surface area contributed by atoms with E-state index in [1.54, 1.807) is 25.3 Å². The Labute approximate surface area is 130 Å². The maximum Gasteiger partial charge on any atom is 0.343 e. The number of benzene rings is 2. The molecule has 0 aliphatic heterocycles. The quantitative estimate of drug-likeness (QED) is 0.635. The van der Waals surface area contributed by atoms with Crippen molar-refractivity contribution < 1.29 is 19.0 Å². The van der Waals surface area contributed by atoms with Crippen LogP contribution >= 0.6 is 0 Å². The fourth-order valence-corrected chi connectivity index (χ4v) is 2.20. The summed E-state index contributed by atoms with van der Waals surface area (Å²) in [6.45, 7) is 5.85. The van der Waals surface area contributed by atoms with E-state index in [9.17, 15) is 4.79 Å². The lowest BCUT2D eigenvalue weighted by Gasteiger charge is -2.13. The smallest absolute Gasteiger partial charge is 0.343 e. The van der Waals surface area contributed by atoms with E-state index in [0.717, 1.165) is 16.7 Å². The second-order valence-corrected chi connectivity index (χ2v) is 5.11. The molecule has 0 amide bonds. The SMILES string of the molecule is COc1ccc(C(=O)Oc2c(C)ccc(C)c2C)cc1OC. The number of hydrogen-bond donors (Lipinski definition) is 0. The molecule has 0 aliphatic rings. The lowest BCUT2D eigenvalue weighted by atomic mass is 10.1. The molecule has 0 unspecified atom stereocenters. The lowest BCUT2D eigenvalue weighted by Crippen LogP contribution is -2.11. The molecule has 0 N–H and O–H groups in total. The van der Waals surface area contributed by atoms with Crippen molar-refractivity contribution in [2.45, 2.75) is 20.8 Å². The van der Waals surface area contributed by atoms with E-state index in [1.165, 1.54) is 7.11 Å². The topological polar surface area (TPSA) is 44.8 Å². The van der Waals surface area contributed by atoms with Crippen LogP contribution in [0.1, 0.15) is 27.0 Å². The van der Waals surface area contributed by atoms with E-state index in [2.05, 4.69) is 0 Å². The first kappa shape index (κ1) is 15.9. The Morgan fingerprint density at radius 1 is 0.864 bits per heavy atom. The third-order valence-corrected chi connectivity index (χ3v) is 3.69. The molecular weight excluding hydrogens is 280 g/mol. The normalized spacial score (nSPS) is 10.2. The average Bonchev–Trinajstić information content (AvgIpc) is 2.54. The van der Waals surface area contributed by atoms with E-state index in [4.69, 9.17) is 14.2 Å². The highest BCUT2D eigenvalue weighted by Gasteiger charge is 2.15. The van der Waals surface area contributed by atoms with Crippen molar-refractivity contribution in [1.29, 1.82) is 0 Å². The number of methoxy groups -OCH3 is 2. The van der Waals surface area contributed by atoms with Crippen LogP contribution in [0.15, 0.2) is 30.3 Å². The summed E-state index contributed by atoms with van der Waals surface area (Å²) in [6.07, 6.45) is 0. The van der Waals surface area contributed by atoms with Gasteiger partial charge in [0.05, 0.1) is 19.8 Å². The summed E-state index contributed by atoms with van der Waals surface area (Å²) in [4.78, 5) is 12.4. The maximum atomic E-state index is 12.4. The van der Waals surface area contributed by atoms with Crippen molar-refractivity contribution >= 4 is 5.97 Å². The molecule has 0 heterocycles. The van der Waals surface area contributed by atoms with Crippen LogP contribution in [0.2, 0.25) is 0 Å². The van der Waals surface area contributed by atoms with E-state index in [-0.39, 0.29) is 0 Å². The Kier molecular flexibility index (Phi) is 4.71. The fraction of sp³-hybridized carbons (Fsp3) is 0.278. The molecule has 4 heteroatoms. The van der Waals surface area contributed by atoms with Crippen molar-refractivity contribution in [2.75, 3.05) is 14.2 Å². The molecule has 0 atom stereocenters. The molecule has 0 saturated carbocycles. The van der Waals surface area contributed by atoms with Gasteiger partial charge in [-0.3, -0.25) is 0 Å². The number of ether oxygens (including phenoxy) is 3. The highest BCUT2D eigenvalue weighted by Crippen LogP contribution is 2.30. The number of carbonyl (C=O) groups excluding carboxylic acids is 1. The highest BCUT2D eigenvalue weighted by atomic mass is 16.5. The molecular formula is C18H20O4. The van der Waals surface area contributed by atoms with Gasteiger partial charge in [0.25, 0.3) is 0 Å². The standard InChI is InChI=1S/C18H20O4/c1-11-6-7-12(2)17(13(11)3)22-18(19)14-8-9-15(20-4)16(10-14)21-5/h6-10H,1-5H3. The van der Waals surface area contributed by atoms with Crippen LogP contribution in [-0.2, 0) is 0 Å². The van der Waals surface area contributed by atoms with Crippen molar-refractivity contribution in [3.8, 4) is 17.2 Å². The summed E-state index contributed by atoms with van der Waals surface area (Å²) >= 11 is 0. The first-order valence-electron chi connectivity index (χ1n) is 6.99. The summed E-state index contributed by atoms with van der Waals surface area (Å²) < 4.78 is 16.0. The maximum absolute atomic E-state index is 12.4. The molecule has 2 rings (SSSR count). The minimum absolute atomic E-state index is 0.415. The van der Waals surface area contributed by atoms with Crippen molar-refractivity contribution in [1.82, 2.24) is 0 Å². The molecule has 116 valence electrons. The van der Waals surface area contributed by atoms with E-state index in [1.807, 2.05) is 32.9 Å². The zero-order chi connectivity index (χ0) is 16.3. The van der Waals surface area contributed by atoms with Crippen LogP contribution in [0.4, 0.5) is 0 Å². The minimum Gasteiger partial charge on any atom is -0.493 e. The van der Waals surface area contributed by atoms with Crippen molar-refractivity contribution in [3.63, 3.8) is 0 Å². The summed E-state index contributed by atoms with van der Waals surface area (Å²) in [5.74, 6) is 1.26. The van der Waals surface area contributed by atoms with Crippen LogP contribution in [0.5, 0.6) is 17.2 Å². The molecule has 4 nitrogen and oxygen atoms in total. The summed E-state index contributed by atoms with van der Waals surface area (Å²) in [7, 11) is 3.08. The average molecular weight is 300 g/mol. The number of esters is 1. The molecule has 0 aliphatic carbocycles. The molecule has 0 saturated heterocycles. The molecule has 0 spiro atoms. The van der Waals surface area contributed by atoms with E-state index >= 15 is 0 Å². The van der Waals surface area contributed by atoms with Crippen LogP contribution in [-0.4, -0.2) is 20.2 Å². The number of hydrogen-bond acceptors (Lipinski definition) is 4. The molecule has 0 fully saturated rings. The second kappa shape index (κ2) is 6.52. The Balaban J connectivity index is 2.32. The van der Waals surface area contributed by atoms with Crippen molar-refractivity contribution in [2.24, 2.45) is 0 Å². The first-order valence-corrected chi connectivity index (χ1v) is 6.99. The Morgan fingerprint density at radius 3 is 2.14 bits per heavy atom. The van der Waals surface area contributed by atoms with Gasteiger partial charge in [-0.15, -0.1) is 0 Å². The van der Waals surface area contributed by atoms with Gasteiger partial charge in [0.15, 0.2) is 11.5 Å². The number of aryl methyl sites for hydroxylation is 2. The first-order chi connectivity index (χ1) is 10.5. The van der Waals surface area contributed by atoms with Crippen LogP contribution in [0.25, 0.3) is 0 Å². The Bertz CT molecular complexity index is 704. The van der Waals surface area contributed by atoms with Gasteiger partial charge >= 0.3 is 5.97 Å². The molecule has 2 aromatic rings. The predicted octanol–water partition coefficient (Wildman–Crippen LogP) is 3.85. The van der Waals surface area contributed by atoms with Gasteiger partial charge in [0.2, 0.25) is 0 Å². The van der Waals surface area contributed by atoms with Gasteiger partial charge in [-0.25, -0.2) is 4.79 Å². The van der Waals surface area contributed by atoms with Gasteiger partial charge in [-0.2, -0.15) is 0 Å². The molecule has 0 bridgehead atoms. The fourth-order valence-electron chi connectivity index (χ4n) is 2.20. The van der Waals surface area contributed by atoms with Gasteiger partial charge in [-0.05, 0) is 55.7 Å². The summed E-state index contributed by atoms with van der Waals surface area (Å²) in [6, 6.07) is 8.91. The summed E-state index contributed by atoms with van der Waals surface area (Å²) in [5.41, 5.74) is 3.39. The number of carbonyl (C=O) groups is 1. The largest absolute Gasteiger partial charge is 0.493 e. The van der Waals surface area contributed by atoms with E-state index in [0.29, 0.717) is 22.8 Å². The molecule has 2 aromatic carbocycles. The molecule has 22 heavy (non-hydrogen) atoms. The van der Waals surface area contributed by atoms with E-state index < -0.39 is 5.97 Å². The molecule has 0 radical (unpaired) electrons. The third kappa shape index (κ3) is 3.06. The highest BCUT2D eigenvalue weighted by molar-refractivity contribution is 5.92. The van der Waals surface area contributed by atoms with Gasteiger partial charge in [0, 0.05) is 0 Å². The van der Waals surface area contributed by atoms with Gasteiger partial charge in [-0.1, -0.05) is 12.1 Å². The predicted molar refractivity (Wildman–Crippen MR) is 85.2 cm³/mol. The zero-order valence-electron chi connectivity index (χ0n) is 13.5. The lowest BCUT2D eigenvalue weighted by molar-refractivity contribution is 0.0732. The van der Waals surface area contributed by atoms with Crippen LogP contribution in [0.3, 0.4) is 0 Å². The Hall–Kier alpha value is -2.49. The number of rotatable bonds is 4. The third-order valence-electron chi connectivity index (χ3n) is 3.69. The van der Waals surface area contributed by atoms with Gasteiger partial charge in [0.1, 0.15) is 5.75 Å². The zero-order valence-corrected chi connectivity index (χ0v) is 13.5. The van der Waals surface area contributed by atoms with Gasteiger partial charge < -0.3 is 14.2 Å². The van der Waals surface area contributed by atoms with Crippen LogP contribution < -0.4 is 14.2 Å².